The van der Waals surface area contributed by atoms with E-state index >= 15 is 0 Å². The fourth-order valence-electron chi connectivity index (χ4n) is 5.77. The van der Waals surface area contributed by atoms with Crippen LogP contribution in [0.5, 0.6) is 23.0 Å². The van der Waals surface area contributed by atoms with Crippen LogP contribution in [0.25, 0.3) is 6.08 Å². The number of esters is 1. The maximum absolute atomic E-state index is 14.1. The van der Waals surface area contributed by atoms with Crippen molar-refractivity contribution in [2.24, 2.45) is 4.99 Å². The molecule has 0 saturated carbocycles. The molecule has 2 heterocycles. The fraction of sp³-hybridized carbons (Fsp3) is 0.306. The van der Waals surface area contributed by atoms with Crippen molar-refractivity contribution >= 4 is 23.4 Å². The molecular formula is C36H38N2O7S. The van der Waals surface area contributed by atoms with E-state index in [2.05, 4.69) is 37.9 Å². The summed E-state index contributed by atoms with van der Waals surface area (Å²) in [5, 5.41) is 0. The Morgan fingerprint density at radius 2 is 1.57 bits per heavy atom. The highest BCUT2D eigenvalue weighted by atomic mass is 32.1. The Bertz CT molecular complexity index is 1960. The standard InChI is InChI=1S/C36H38N2O7S/c1-9-44-35(40)31-23(5)37-36-38(32(31)25-17-28(41-6)33(43-8)29(18-25)42-7)34(39)30(46-36)16-24-10-12-26(13-11-24)45-19-27-21(3)14-20(2)15-22(27)4/h10-18,32H,9,19H2,1-8H3/b30-16-/t32-/m1/s1. The molecule has 1 aliphatic heterocycles. The second kappa shape index (κ2) is 13.7. The number of hydrogen-bond donors (Lipinski definition) is 0. The van der Waals surface area contributed by atoms with Crippen LogP contribution in [-0.4, -0.2) is 38.5 Å². The van der Waals surface area contributed by atoms with E-state index in [0.717, 1.165) is 11.3 Å². The largest absolute Gasteiger partial charge is 0.493 e. The average Bonchev–Trinajstić information content (AvgIpc) is 3.33. The van der Waals surface area contributed by atoms with Crippen LogP contribution in [0.1, 0.15) is 53.3 Å². The normalized spacial score (nSPS) is 14.4. The van der Waals surface area contributed by atoms with Gasteiger partial charge in [0.25, 0.3) is 5.56 Å². The van der Waals surface area contributed by atoms with Gasteiger partial charge in [-0.15, -0.1) is 0 Å². The number of fused-ring (bicyclic) bond motifs is 1. The van der Waals surface area contributed by atoms with Crippen LogP contribution in [0, 0.1) is 20.8 Å². The van der Waals surface area contributed by atoms with Gasteiger partial charge in [0.15, 0.2) is 16.3 Å². The van der Waals surface area contributed by atoms with Gasteiger partial charge in [-0.1, -0.05) is 41.2 Å². The number of aryl methyl sites for hydroxylation is 3. The van der Waals surface area contributed by atoms with E-state index in [-0.39, 0.29) is 17.7 Å². The third kappa shape index (κ3) is 6.30. The van der Waals surface area contributed by atoms with Crippen molar-refractivity contribution in [2.75, 3.05) is 27.9 Å². The van der Waals surface area contributed by atoms with Gasteiger partial charge >= 0.3 is 5.97 Å². The summed E-state index contributed by atoms with van der Waals surface area (Å²) >= 11 is 1.25. The highest BCUT2D eigenvalue weighted by Gasteiger charge is 2.34. The zero-order chi connectivity index (χ0) is 33.1. The number of benzene rings is 3. The molecule has 5 rings (SSSR count). The number of carbonyl (C=O) groups excluding carboxylic acids is 1. The van der Waals surface area contributed by atoms with Crippen LogP contribution in [-0.2, 0) is 16.1 Å². The summed E-state index contributed by atoms with van der Waals surface area (Å²) in [7, 11) is 4.54. The lowest BCUT2D eigenvalue weighted by molar-refractivity contribution is -0.139. The minimum absolute atomic E-state index is 0.173. The van der Waals surface area contributed by atoms with Crippen molar-refractivity contribution in [3.05, 3.63) is 113 Å². The smallest absolute Gasteiger partial charge is 0.338 e. The first-order chi connectivity index (χ1) is 22.1. The Balaban J connectivity index is 1.55. The lowest BCUT2D eigenvalue weighted by atomic mass is 9.95. The molecule has 0 saturated heterocycles. The number of methoxy groups -OCH3 is 3. The Labute approximate surface area is 272 Å². The minimum Gasteiger partial charge on any atom is -0.493 e. The number of allylic oxidation sites excluding steroid dienone is 1. The molecule has 46 heavy (non-hydrogen) atoms. The molecule has 0 spiro atoms. The quantitative estimate of drug-likeness (QED) is 0.216. The van der Waals surface area contributed by atoms with E-state index in [1.807, 2.05) is 30.3 Å². The van der Waals surface area contributed by atoms with E-state index in [4.69, 9.17) is 23.7 Å². The molecule has 0 fully saturated rings. The predicted octanol–water partition coefficient (Wildman–Crippen LogP) is 5.33. The lowest BCUT2D eigenvalue weighted by Gasteiger charge is -2.26. The van der Waals surface area contributed by atoms with Gasteiger partial charge in [0.2, 0.25) is 5.75 Å². The van der Waals surface area contributed by atoms with Crippen molar-refractivity contribution in [3.63, 3.8) is 0 Å². The molecule has 1 atom stereocenters. The molecular weight excluding hydrogens is 604 g/mol. The topological polar surface area (TPSA) is 97.6 Å². The maximum atomic E-state index is 14.1. The van der Waals surface area contributed by atoms with Crippen molar-refractivity contribution in [2.45, 2.75) is 47.3 Å². The molecule has 3 aromatic carbocycles. The van der Waals surface area contributed by atoms with Crippen molar-refractivity contribution in [1.82, 2.24) is 4.57 Å². The highest BCUT2D eigenvalue weighted by Crippen LogP contribution is 2.42. The molecule has 0 bridgehead atoms. The molecule has 0 radical (unpaired) electrons. The van der Waals surface area contributed by atoms with Crippen LogP contribution >= 0.6 is 11.3 Å². The number of ether oxygens (including phenoxy) is 5. The summed E-state index contributed by atoms with van der Waals surface area (Å²) < 4.78 is 30.2. The Kier molecular flexibility index (Phi) is 9.67. The highest BCUT2D eigenvalue weighted by molar-refractivity contribution is 7.07. The summed E-state index contributed by atoms with van der Waals surface area (Å²) in [4.78, 5) is 32.5. The van der Waals surface area contributed by atoms with Gasteiger partial charge < -0.3 is 23.7 Å². The van der Waals surface area contributed by atoms with E-state index < -0.39 is 12.0 Å². The van der Waals surface area contributed by atoms with Gasteiger partial charge in [0.05, 0.1) is 49.8 Å². The van der Waals surface area contributed by atoms with E-state index in [1.165, 1.54) is 59.5 Å². The molecule has 1 aliphatic rings. The van der Waals surface area contributed by atoms with E-state index in [9.17, 15) is 9.59 Å². The molecule has 240 valence electrons. The van der Waals surface area contributed by atoms with Gasteiger partial charge in [-0.25, -0.2) is 9.79 Å². The molecule has 0 unspecified atom stereocenters. The predicted molar refractivity (Wildman–Crippen MR) is 178 cm³/mol. The number of rotatable bonds is 10. The third-order valence-corrected chi connectivity index (χ3v) is 8.90. The van der Waals surface area contributed by atoms with Crippen LogP contribution in [0.2, 0.25) is 0 Å². The second-order valence-corrected chi connectivity index (χ2v) is 12.0. The molecule has 4 aromatic rings. The van der Waals surface area contributed by atoms with Crippen molar-refractivity contribution in [1.29, 1.82) is 0 Å². The van der Waals surface area contributed by atoms with Gasteiger partial charge in [-0.05, 0) is 92.8 Å². The van der Waals surface area contributed by atoms with Crippen LogP contribution in [0.4, 0.5) is 0 Å². The summed E-state index contributed by atoms with van der Waals surface area (Å²) in [6.45, 7) is 10.4. The summed E-state index contributed by atoms with van der Waals surface area (Å²) in [5.74, 6) is 1.37. The number of carbonyl (C=O) groups is 1. The van der Waals surface area contributed by atoms with Gasteiger partial charge in [-0.3, -0.25) is 9.36 Å². The zero-order valence-electron chi connectivity index (χ0n) is 27.3. The van der Waals surface area contributed by atoms with Crippen LogP contribution in [0.3, 0.4) is 0 Å². The Morgan fingerprint density at radius 1 is 0.935 bits per heavy atom. The first kappa shape index (κ1) is 32.6. The molecule has 0 amide bonds. The monoisotopic (exact) mass is 642 g/mol. The van der Waals surface area contributed by atoms with Crippen molar-refractivity contribution < 1.29 is 28.5 Å². The summed E-state index contributed by atoms with van der Waals surface area (Å²) in [6.07, 6.45) is 1.82. The molecule has 1 aromatic heterocycles. The summed E-state index contributed by atoms with van der Waals surface area (Å²) in [5.41, 5.74) is 6.66. The molecule has 0 aliphatic carbocycles. The van der Waals surface area contributed by atoms with Crippen molar-refractivity contribution in [3.8, 4) is 23.0 Å². The lowest BCUT2D eigenvalue weighted by Crippen LogP contribution is -2.40. The van der Waals surface area contributed by atoms with Gasteiger partial charge in [-0.2, -0.15) is 0 Å². The zero-order valence-corrected chi connectivity index (χ0v) is 28.2. The van der Waals surface area contributed by atoms with E-state index in [1.54, 1.807) is 26.0 Å². The first-order valence-corrected chi connectivity index (χ1v) is 15.7. The van der Waals surface area contributed by atoms with Gasteiger partial charge in [0, 0.05) is 0 Å². The van der Waals surface area contributed by atoms with E-state index in [0.29, 0.717) is 44.4 Å². The summed E-state index contributed by atoms with van der Waals surface area (Å²) in [6, 6.07) is 14.6. The first-order valence-electron chi connectivity index (χ1n) is 14.9. The maximum Gasteiger partial charge on any atom is 0.338 e. The molecule has 0 N–H and O–H groups in total. The molecule has 10 heteroatoms. The third-order valence-electron chi connectivity index (χ3n) is 7.92. The Morgan fingerprint density at radius 3 is 2.13 bits per heavy atom. The van der Waals surface area contributed by atoms with Gasteiger partial charge in [0.1, 0.15) is 12.4 Å². The number of thiazole rings is 1. The number of nitrogens with zero attached hydrogens (tertiary/aromatic N) is 2. The van der Waals surface area contributed by atoms with Crippen LogP contribution in [0.15, 0.2) is 69.6 Å². The number of hydrogen-bond acceptors (Lipinski definition) is 9. The molecule has 9 nitrogen and oxygen atoms in total. The Hall–Kier alpha value is -4.83. The number of aromatic nitrogens is 1. The van der Waals surface area contributed by atoms with Crippen LogP contribution < -0.4 is 33.8 Å². The fourth-order valence-corrected chi connectivity index (χ4v) is 6.82. The average molecular weight is 643 g/mol. The minimum atomic E-state index is -0.837. The SMILES string of the molecule is CCOC(=O)C1=C(C)N=c2s/c(=C\c3ccc(OCc4c(C)cc(C)cc4C)cc3)c(=O)n2[C@@H]1c1cc(OC)c(OC)c(OC)c1. The second-order valence-electron chi connectivity index (χ2n) is 11.0.